The van der Waals surface area contributed by atoms with Crippen molar-refractivity contribution in [3.8, 4) is 0 Å². The Hall–Kier alpha value is -1.69. The van der Waals surface area contributed by atoms with Crippen LogP contribution in [0.25, 0.3) is 10.2 Å². The first-order chi connectivity index (χ1) is 10.6. The summed E-state index contributed by atoms with van der Waals surface area (Å²) in [6.07, 6.45) is 5.65. The molecule has 1 saturated carbocycles. The number of nitrogens with one attached hydrogen (secondary N) is 1. The van der Waals surface area contributed by atoms with Crippen molar-refractivity contribution >= 4 is 33.3 Å². The van der Waals surface area contributed by atoms with Crippen LogP contribution in [-0.2, 0) is 9.53 Å². The molecule has 1 aliphatic rings. The minimum Gasteiger partial charge on any atom is -0.461 e. The van der Waals surface area contributed by atoms with Crippen molar-refractivity contribution in [2.45, 2.75) is 52.1 Å². The zero-order valence-corrected chi connectivity index (χ0v) is 13.8. The van der Waals surface area contributed by atoms with Gasteiger partial charge in [-0.25, -0.2) is 9.97 Å². The first-order valence-electron chi connectivity index (χ1n) is 7.79. The fourth-order valence-electron chi connectivity index (χ4n) is 2.89. The van der Waals surface area contributed by atoms with E-state index in [1.54, 1.807) is 11.3 Å². The van der Waals surface area contributed by atoms with E-state index in [0.29, 0.717) is 5.82 Å². The highest BCUT2D eigenvalue weighted by Gasteiger charge is 2.18. The maximum absolute atomic E-state index is 12.0. The molecule has 2 heterocycles. The molecule has 6 heteroatoms. The lowest BCUT2D eigenvalue weighted by atomic mass is 9.98. The van der Waals surface area contributed by atoms with E-state index >= 15 is 0 Å². The fourth-order valence-corrected chi connectivity index (χ4v) is 3.85. The predicted molar refractivity (Wildman–Crippen MR) is 88.3 cm³/mol. The Morgan fingerprint density at radius 3 is 2.86 bits per heavy atom. The van der Waals surface area contributed by atoms with Crippen LogP contribution in [0.1, 0.15) is 43.5 Å². The van der Waals surface area contributed by atoms with Gasteiger partial charge in [0.05, 0.1) is 5.39 Å². The van der Waals surface area contributed by atoms with E-state index in [0.717, 1.165) is 47.3 Å². The fraction of sp³-hybridized carbons (Fsp3) is 0.562. The van der Waals surface area contributed by atoms with Crippen LogP contribution in [0.2, 0.25) is 0 Å². The number of hydrogen-bond donors (Lipinski definition) is 1. The molecule has 0 aliphatic heterocycles. The smallest absolute Gasteiger partial charge is 0.325 e. The van der Waals surface area contributed by atoms with Gasteiger partial charge in [0, 0.05) is 0 Å². The maximum atomic E-state index is 12.0. The number of fused-ring (bicyclic) bond motifs is 1. The van der Waals surface area contributed by atoms with E-state index in [4.69, 9.17) is 4.74 Å². The number of aryl methyl sites for hydroxylation is 2. The van der Waals surface area contributed by atoms with Crippen LogP contribution >= 0.6 is 11.3 Å². The molecule has 0 atom stereocenters. The van der Waals surface area contributed by atoms with Gasteiger partial charge in [0.1, 0.15) is 29.1 Å². The first-order valence-corrected chi connectivity index (χ1v) is 8.67. The molecule has 2 aromatic rings. The monoisotopic (exact) mass is 319 g/mol. The molecule has 1 N–H and O–H groups in total. The summed E-state index contributed by atoms with van der Waals surface area (Å²) in [5, 5.41) is 6.19. The van der Waals surface area contributed by atoms with Gasteiger partial charge < -0.3 is 10.1 Å². The molecule has 0 saturated heterocycles. The molecule has 1 fully saturated rings. The number of rotatable bonds is 4. The lowest BCUT2D eigenvalue weighted by Crippen LogP contribution is -2.25. The zero-order valence-electron chi connectivity index (χ0n) is 13.0. The summed E-state index contributed by atoms with van der Waals surface area (Å²) in [4.78, 5) is 21.8. The molecule has 22 heavy (non-hydrogen) atoms. The zero-order chi connectivity index (χ0) is 15.5. The third kappa shape index (κ3) is 3.38. The maximum Gasteiger partial charge on any atom is 0.325 e. The van der Waals surface area contributed by atoms with Crippen LogP contribution in [-0.4, -0.2) is 28.6 Å². The summed E-state index contributed by atoms with van der Waals surface area (Å²) in [6.45, 7) is 4.04. The Morgan fingerprint density at radius 1 is 1.32 bits per heavy atom. The van der Waals surface area contributed by atoms with Gasteiger partial charge >= 0.3 is 5.97 Å². The molecule has 5 nitrogen and oxygen atoms in total. The molecule has 0 aromatic carbocycles. The van der Waals surface area contributed by atoms with Crippen LogP contribution in [0.5, 0.6) is 0 Å². The third-order valence-corrected chi connectivity index (χ3v) is 4.97. The van der Waals surface area contributed by atoms with Crippen LogP contribution in [0, 0.1) is 13.8 Å². The second-order valence-corrected chi connectivity index (χ2v) is 6.68. The standard InChI is InChI=1S/C16H21N3O2S/c1-10-9-22-16-14(10)15(18-11(2)19-16)17-8-13(20)21-12-6-4-3-5-7-12/h9,12H,3-8H2,1-2H3,(H,17,18,19). The quantitative estimate of drug-likeness (QED) is 0.872. The highest BCUT2D eigenvalue weighted by Crippen LogP contribution is 2.29. The number of hydrogen-bond acceptors (Lipinski definition) is 6. The highest BCUT2D eigenvalue weighted by atomic mass is 32.1. The summed E-state index contributed by atoms with van der Waals surface area (Å²) >= 11 is 1.60. The van der Waals surface area contributed by atoms with Gasteiger partial charge in [0.15, 0.2) is 0 Å². The predicted octanol–water partition coefficient (Wildman–Crippen LogP) is 3.60. The Bertz CT molecular complexity index is 677. The number of thiophene rings is 1. The third-order valence-electron chi connectivity index (χ3n) is 3.98. The van der Waals surface area contributed by atoms with Crippen molar-refractivity contribution < 1.29 is 9.53 Å². The number of anilines is 1. The van der Waals surface area contributed by atoms with Crippen molar-refractivity contribution in [2.24, 2.45) is 0 Å². The van der Waals surface area contributed by atoms with E-state index in [1.807, 2.05) is 13.8 Å². The van der Waals surface area contributed by atoms with Crippen molar-refractivity contribution in [3.05, 3.63) is 16.8 Å². The summed E-state index contributed by atoms with van der Waals surface area (Å²) < 4.78 is 5.52. The van der Waals surface area contributed by atoms with Gasteiger partial charge in [0.2, 0.25) is 0 Å². The largest absolute Gasteiger partial charge is 0.461 e. The van der Waals surface area contributed by atoms with Gasteiger partial charge in [-0.05, 0) is 50.5 Å². The minimum atomic E-state index is -0.204. The van der Waals surface area contributed by atoms with Gasteiger partial charge in [-0.15, -0.1) is 11.3 Å². The topological polar surface area (TPSA) is 64.1 Å². The second kappa shape index (κ2) is 6.60. The highest BCUT2D eigenvalue weighted by molar-refractivity contribution is 7.17. The SMILES string of the molecule is Cc1nc(NCC(=O)OC2CCCCC2)c2c(C)csc2n1. The van der Waals surface area contributed by atoms with Gasteiger partial charge in [-0.1, -0.05) is 6.42 Å². The number of carbonyl (C=O) groups excluding carboxylic acids is 1. The van der Waals surface area contributed by atoms with Crippen LogP contribution in [0.4, 0.5) is 5.82 Å². The first kappa shape index (κ1) is 15.2. The van der Waals surface area contributed by atoms with Crippen molar-refractivity contribution in [2.75, 3.05) is 11.9 Å². The number of aromatic nitrogens is 2. The number of esters is 1. The number of nitrogens with zero attached hydrogens (tertiary/aromatic N) is 2. The minimum absolute atomic E-state index is 0.0955. The van der Waals surface area contributed by atoms with E-state index in [2.05, 4.69) is 20.7 Å². The van der Waals surface area contributed by atoms with Crippen LogP contribution in [0.3, 0.4) is 0 Å². The lowest BCUT2D eigenvalue weighted by molar-refractivity contribution is -0.148. The molecule has 0 unspecified atom stereocenters. The second-order valence-electron chi connectivity index (χ2n) is 5.82. The van der Waals surface area contributed by atoms with Crippen molar-refractivity contribution in [1.29, 1.82) is 0 Å². The van der Waals surface area contributed by atoms with Gasteiger partial charge in [0.25, 0.3) is 0 Å². The van der Waals surface area contributed by atoms with Crippen LogP contribution in [0.15, 0.2) is 5.38 Å². The molecule has 118 valence electrons. The molecule has 0 bridgehead atoms. The van der Waals surface area contributed by atoms with Gasteiger partial charge in [-0.2, -0.15) is 0 Å². The number of carbonyl (C=O) groups is 1. The van der Waals surface area contributed by atoms with E-state index < -0.39 is 0 Å². The van der Waals surface area contributed by atoms with E-state index in [-0.39, 0.29) is 18.6 Å². The molecule has 0 radical (unpaired) electrons. The lowest BCUT2D eigenvalue weighted by Gasteiger charge is -2.21. The Labute approximate surface area is 134 Å². The summed E-state index contributed by atoms with van der Waals surface area (Å²) in [5.74, 6) is 1.23. The van der Waals surface area contributed by atoms with E-state index in [1.165, 1.54) is 6.42 Å². The molecular weight excluding hydrogens is 298 g/mol. The van der Waals surface area contributed by atoms with E-state index in [9.17, 15) is 4.79 Å². The van der Waals surface area contributed by atoms with Crippen molar-refractivity contribution in [3.63, 3.8) is 0 Å². The molecule has 3 rings (SSSR count). The Kier molecular flexibility index (Phi) is 4.57. The molecular formula is C16H21N3O2S. The number of ether oxygens (including phenoxy) is 1. The normalized spacial score (nSPS) is 15.9. The molecule has 0 amide bonds. The molecule has 1 aliphatic carbocycles. The summed E-state index contributed by atoms with van der Waals surface area (Å²) in [7, 11) is 0. The average Bonchev–Trinajstić information content (AvgIpc) is 2.87. The average molecular weight is 319 g/mol. The van der Waals surface area contributed by atoms with Crippen molar-refractivity contribution in [1.82, 2.24) is 9.97 Å². The van der Waals surface area contributed by atoms with Crippen LogP contribution < -0.4 is 5.32 Å². The summed E-state index contributed by atoms with van der Waals surface area (Å²) in [6, 6.07) is 0. The van der Waals surface area contributed by atoms with Gasteiger partial charge in [-0.3, -0.25) is 4.79 Å². The Morgan fingerprint density at radius 2 is 2.09 bits per heavy atom. The summed E-state index contributed by atoms with van der Waals surface area (Å²) in [5.41, 5.74) is 1.13. The Balaban J connectivity index is 1.65. The molecule has 0 spiro atoms. The molecule has 2 aromatic heterocycles.